The van der Waals surface area contributed by atoms with Crippen LogP contribution >= 0.6 is 0 Å². The number of hydroxylamine groups is 1. The Morgan fingerprint density at radius 1 is 1.11 bits per heavy atom. The second-order valence-electron chi connectivity index (χ2n) is 9.31. The maximum absolute atomic E-state index is 11.1. The molecule has 28 heavy (non-hydrogen) atoms. The summed E-state index contributed by atoms with van der Waals surface area (Å²) in [5.74, 6) is 0.990. The van der Waals surface area contributed by atoms with Gasteiger partial charge >= 0.3 is 0 Å². The third-order valence-electron chi connectivity index (χ3n) is 7.52. The number of nitrogens with one attached hydrogen (secondary N) is 1. The molecule has 3 fully saturated rings. The first kappa shape index (κ1) is 21.1. The van der Waals surface area contributed by atoms with Gasteiger partial charge in [0, 0.05) is 6.08 Å². The Labute approximate surface area is 170 Å². The van der Waals surface area contributed by atoms with Gasteiger partial charge in [-0.05, 0) is 88.4 Å². The number of amides is 1. The first-order valence-corrected chi connectivity index (χ1v) is 11.2. The SMILES string of the molecule is CC(/C=C/C(=O)NO)=C\CC1CCC2/C(=C/C=C3CCCCC3)CCC[C@]12C. The zero-order valence-corrected chi connectivity index (χ0v) is 17.7. The summed E-state index contributed by atoms with van der Waals surface area (Å²) in [6.45, 7) is 4.55. The van der Waals surface area contributed by atoms with E-state index in [9.17, 15) is 4.79 Å². The molecule has 0 aliphatic heterocycles. The van der Waals surface area contributed by atoms with Gasteiger partial charge in [0.2, 0.25) is 0 Å². The predicted octanol–water partition coefficient (Wildman–Crippen LogP) is 6.42. The van der Waals surface area contributed by atoms with Crippen LogP contribution in [0.4, 0.5) is 0 Å². The quantitative estimate of drug-likeness (QED) is 0.249. The fraction of sp³-hybridized carbons (Fsp3) is 0.640. The number of carbonyl (C=O) groups excluding carboxylic acids is 1. The molecule has 1 amide bonds. The molecule has 0 aromatic carbocycles. The predicted molar refractivity (Wildman–Crippen MR) is 115 cm³/mol. The first-order chi connectivity index (χ1) is 13.5. The average Bonchev–Trinajstić information content (AvgIpc) is 3.06. The van der Waals surface area contributed by atoms with Crippen molar-refractivity contribution in [3.8, 4) is 0 Å². The Hall–Kier alpha value is -1.61. The standard InChI is InChI=1S/C25H37NO2/c1-19(11-17-24(27)26-28)10-14-22-15-16-23-21(9-6-18-25(22,23)2)13-12-20-7-4-3-5-8-20/h10-13,17,22-23,28H,3-9,14-16,18H2,1-2H3,(H,26,27)/b17-11+,19-10+,21-13+/t22?,23?,25-/m1/s1. The summed E-state index contributed by atoms with van der Waals surface area (Å²) < 4.78 is 0. The van der Waals surface area contributed by atoms with Gasteiger partial charge in [0.1, 0.15) is 0 Å². The lowest BCUT2D eigenvalue weighted by Crippen LogP contribution is -2.33. The number of hydrogen-bond donors (Lipinski definition) is 2. The van der Waals surface area contributed by atoms with E-state index < -0.39 is 5.91 Å². The summed E-state index contributed by atoms with van der Waals surface area (Å²) >= 11 is 0. The summed E-state index contributed by atoms with van der Waals surface area (Å²) in [6.07, 6.45) is 24.8. The molecule has 3 rings (SSSR count). The van der Waals surface area contributed by atoms with E-state index in [-0.39, 0.29) is 0 Å². The normalized spacial score (nSPS) is 32.6. The van der Waals surface area contributed by atoms with Gasteiger partial charge in [0.25, 0.3) is 5.91 Å². The Morgan fingerprint density at radius 3 is 2.64 bits per heavy atom. The lowest BCUT2D eigenvalue weighted by molar-refractivity contribution is -0.124. The van der Waals surface area contributed by atoms with E-state index in [1.165, 1.54) is 70.3 Å². The van der Waals surface area contributed by atoms with E-state index in [0.717, 1.165) is 23.8 Å². The molecule has 3 nitrogen and oxygen atoms in total. The number of hydrogen-bond acceptors (Lipinski definition) is 2. The topological polar surface area (TPSA) is 49.3 Å². The molecule has 3 heteroatoms. The van der Waals surface area contributed by atoms with Gasteiger partial charge in [-0.15, -0.1) is 0 Å². The van der Waals surface area contributed by atoms with Gasteiger partial charge in [-0.3, -0.25) is 10.0 Å². The van der Waals surface area contributed by atoms with Crippen molar-refractivity contribution in [2.24, 2.45) is 17.3 Å². The molecule has 0 aromatic rings. The highest BCUT2D eigenvalue weighted by atomic mass is 16.5. The van der Waals surface area contributed by atoms with Crippen molar-refractivity contribution in [3.63, 3.8) is 0 Å². The molecule has 2 unspecified atom stereocenters. The highest BCUT2D eigenvalue weighted by Gasteiger charge is 2.48. The van der Waals surface area contributed by atoms with Crippen LogP contribution in [0.5, 0.6) is 0 Å². The summed E-state index contributed by atoms with van der Waals surface area (Å²) in [5.41, 5.74) is 6.51. The number of carbonyl (C=O) groups is 1. The van der Waals surface area contributed by atoms with E-state index in [2.05, 4.69) is 25.2 Å². The monoisotopic (exact) mass is 383 g/mol. The van der Waals surface area contributed by atoms with Gasteiger partial charge in [-0.25, -0.2) is 5.48 Å². The van der Waals surface area contributed by atoms with E-state index >= 15 is 0 Å². The average molecular weight is 384 g/mol. The zero-order valence-electron chi connectivity index (χ0n) is 17.7. The van der Waals surface area contributed by atoms with Crippen LogP contribution in [-0.2, 0) is 4.79 Å². The molecular weight excluding hydrogens is 346 g/mol. The van der Waals surface area contributed by atoms with Crippen LogP contribution in [-0.4, -0.2) is 11.1 Å². The number of rotatable bonds is 5. The fourth-order valence-electron chi connectivity index (χ4n) is 5.77. The fourth-order valence-corrected chi connectivity index (χ4v) is 5.77. The Balaban J connectivity index is 1.66. The molecule has 0 spiro atoms. The van der Waals surface area contributed by atoms with Gasteiger partial charge in [0.15, 0.2) is 0 Å². The third-order valence-corrected chi connectivity index (χ3v) is 7.52. The molecule has 154 valence electrons. The molecule has 0 aromatic heterocycles. The molecule has 0 radical (unpaired) electrons. The summed E-state index contributed by atoms with van der Waals surface area (Å²) in [6, 6.07) is 0. The zero-order chi connectivity index (χ0) is 20.0. The van der Waals surface area contributed by atoms with Crippen LogP contribution in [0.25, 0.3) is 0 Å². The molecule has 0 heterocycles. The number of allylic oxidation sites excluding steroid dienone is 7. The van der Waals surface area contributed by atoms with Crippen LogP contribution in [0.15, 0.2) is 47.1 Å². The van der Waals surface area contributed by atoms with Crippen LogP contribution in [0, 0.1) is 17.3 Å². The van der Waals surface area contributed by atoms with E-state index in [0.29, 0.717) is 5.41 Å². The maximum Gasteiger partial charge on any atom is 0.267 e. The Morgan fingerprint density at radius 2 is 1.89 bits per heavy atom. The molecular formula is C25H37NO2. The van der Waals surface area contributed by atoms with E-state index in [4.69, 9.17) is 5.21 Å². The molecule has 3 atom stereocenters. The van der Waals surface area contributed by atoms with Gasteiger partial charge in [-0.1, -0.05) is 54.4 Å². The van der Waals surface area contributed by atoms with Gasteiger partial charge in [0.05, 0.1) is 0 Å². The van der Waals surface area contributed by atoms with Crippen molar-refractivity contribution in [3.05, 3.63) is 47.1 Å². The van der Waals surface area contributed by atoms with Crippen molar-refractivity contribution < 1.29 is 10.0 Å². The Bertz CT molecular complexity index is 677. The third kappa shape index (κ3) is 5.05. The second-order valence-corrected chi connectivity index (χ2v) is 9.31. The molecule has 3 aliphatic carbocycles. The van der Waals surface area contributed by atoms with Crippen molar-refractivity contribution >= 4 is 5.91 Å². The van der Waals surface area contributed by atoms with Crippen LogP contribution in [0.2, 0.25) is 0 Å². The highest BCUT2D eigenvalue weighted by molar-refractivity contribution is 5.86. The second kappa shape index (κ2) is 9.73. The van der Waals surface area contributed by atoms with Crippen LogP contribution in [0.3, 0.4) is 0 Å². The summed E-state index contributed by atoms with van der Waals surface area (Å²) in [4.78, 5) is 11.1. The highest BCUT2D eigenvalue weighted by Crippen LogP contribution is 2.58. The Kier molecular flexibility index (Phi) is 7.34. The summed E-state index contributed by atoms with van der Waals surface area (Å²) in [7, 11) is 0. The first-order valence-electron chi connectivity index (χ1n) is 11.2. The molecule has 3 aliphatic rings. The van der Waals surface area contributed by atoms with Crippen LogP contribution < -0.4 is 5.48 Å². The number of fused-ring (bicyclic) bond motifs is 1. The van der Waals surface area contributed by atoms with Gasteiger partial charge < -0.3 is 0 Å². The van der Waals surface area contributed by atoms with Crippen molar-refractivity contribution in [2.45, 2.75) is 84.5 Å². The van der Waals surface area contributed by atoms with Crippen molar-refractivity contribution in [1.29, 1.82) is 0 Å². The molecule has 3 saturated carbocycles. The lowest BCUT2D eigenvalue weighted by atomic mass is 9.63. The van der Waals surface area contributed by atoms with E-state index in [1.54, 1.807) is 22.7 Å². The smallest absolute Gasteiger partial charge is 0.267 e. The molecule has 0 bridgehead atoms. The van der Waals surface area contributed by atoms with Gasteiger partial charge in [-0.2, -0.15) is 0 Å². The minimum atomic E-state index is -0.477. The minimum absolute atomic E-state index is 0.415. The largest absolute Gasteiger partial charge is 0.288 e. The molecule has 0 saturated heterocycles. The van der Waals surface area contributed by atoms with Crippen LogP contribution in [0.1, 0.15) is 84.5 Å². The van der Waals surface area contributed by atoms with Crippen molar-refractivity contribution in [1.82, 2.24) is 5.48 Å². The minimum Gasteiger partial charge on any atom is -0.288 e. The maximum atomic E-state index is 11.1. The van der Waals surface area contributed by atoms with Crippen molar-refractivity contribution in [2.75, 3.05) is 0 Å². The lowest BCUT2D eigenvalue weighted by Gasteiger charge is -2.42. The molecule has 2 N–H and O–H groups in total. The summed E-state index contributed by atoms with van der Waals surface area (Å²) in [5, 5.41) is 8.59. The van der Waals surface area contributed by atoms with E-state index in [1.807, 2.05) is 6.92 Å².